The number of carbonyl (C=O) groups excluding carboxylic acids is 1. The van der Waals surface area contributed by atoms with Gasteiger partial charge in [0.1, 0.15) is 11.4 Å². The highest BCUT2D eigenvalue weighted by atomic mass is 16.5. The summed E-state index contributed by atoms with van der Waals surface area (Å²) in [6, 6.07) is 20.2. The van der Waals surface area contributed by atoms with Crippen LogP contribution in [0.4, 0.5) is 0 Å². The van der Waals surface area contributed by atoms with E-state index in [2.05, 4.69) is 29.2 Å². The fourth-order valence-corrected chi connectivity index (χ4v) is 4.56. The average molecular weight is 457 g/mol. The maximum absolute atomic E-state index is 13.3. The van der Waals surface area contributed by atoms with Crippen LogP contribution in [-0.2, 0) is 13.0 Å². The van der Waals surface area contributed by atoms with E-state index in [9.17, 15) is 4.79 Å². The lowest BCUT2D eigenvalue weighted by Gasteiger charge is -2.29. The van der Waals surface area contributed by atoms with Crippen molar-refractivity contribution in [2.75, 3.05) is 27.4 Å². The van der Waals surface area contributed by atoms with Crippen molar-refractivity contribution in [3.8, 4) is 28.4 Å². The molecule has 6 heteroatoms. The summed E-state index contributed by atoms with van der Waals surface area (Å²) in [4.78, 5) is 18.5. The van der Waals surface area contributed by atoms with E-state index in [1.807, 2.05) is 48.2 Å². The first-order valence-corrected chi connectivity index (χ1v) is 11.5. The van der Waals surface area contributed by atoms with E-state index in [0.717, 1.165) is 45.5 Å². The van der Waals surface area contributed by atoms with Crippen LogP contribution in [0.15, 0.2) is 60.7 Å². The van der Waals surface area contributed by atoms with Crippen molar-refractivity contribution < 1.29 is 19.0 Å². The number of nitrogens with zero attached hydrogens (tertiary/aromatic N) is 1. The smallest absolute Gasteiger partial charge is 0.270 e. The molecule has 0 bridgehead atoms. The maximum atomic E-state index is 13.3. The summed E-state index contributed by atoms with van der Waals surface area (Å²) in [7, 11) is 3.27. The lowest BCUT2D eigenvalue weighted by Crippen LogP contribution is -2.36. The van der Waals surface area contributed by atoms with Gasteiger partial charge in [0.05, 0.1) is 20.8 Å². The van der Waals surface area contributed by atoms with Crippen molar-refractivity contribution in [2.45, 2.75) is 19.9 Å². The summed E-state index contributed by atoms with van der Waals surface area (Å²) in [5.41, 5.74) is 6.03. The number of carbonyl (C=O) groups is 1. The Balaban J connectivity index is 1.37. The second kappa shape index (κ2) is 9.14. The minimum Gasteiger partial charge on any atom is -0.494 e. The molecule has 1 amide bonds. The van der Waals surface area contributed by atoms with Gasteiger partial charge < -0.3 is 24.1 Å². The van der Waals surface area contributed by atoms with Crippen LogP contribution in [0, 0.1) is 0 Å². The largest absolute Gasteiger partial charge is 0.494 e. The quantitative estimate of drug-likeness (QED) is 0.419. The Kier molecular flexibility index (Phi) is 5.88. The molecule has 5 rings (SSSR count). The van der Waals surface area contributed by atoms with Crippen molar-refractivity contribution >= 4 is 16.8 Å². The Labute approximate surface area is 199 Å². The highest BCUT2D eigenvalue weighted by Crippen LogP contribution is 2.34. The van der Waals surface area contributed by atoms with Gasteiger partial charge in [0, 0.05) is 24.0 Å². The molecule has 0 unspecified atom stereocenters. The van der Waals surface area contributed by atoms with Gasteiger partial charge in [-0.15, -0.1) is 0 Å². The molecule has 3 aromatic carbocycles. The van der Waals surface area contributed by atoms with Crippen molar-refractivity contribution in [2.24, 2.45) is 0 Å². The monoisotopic (exact) mass is 456 g/mol. The first-order chi connectivity index (χ1) is 16.6. The molecular weight excluding hydrogens is 428 g/mol. The molecule has 0 saturated heterocycles. The second-order valence-electron chi connectivity index (χ2n) is 8.40. The summed E-state index contributed by atoms with van der Waals surface area (Å²) in [5, 5.41) is 1.01. The zero-order valence-corrected chi connectivity index (χ0v) is 19.7. The van der Waals surface area contributed by atoms with E-state index in [-0.39, 0.29) is 5.91 Å². The van der Waals surface area contributed by atoms with Crippen molar-refractivity contribution in [1.29, 1.82) is 0 Å². The molecule has 1 aliphatic rings. The normalized spacial score (nSPS) is 13.0. The number of rotatable bonds is 6. The van der Waals surface area contributed by atoms with Gasteiger partial charge in [0.25, 0.3) is 5.91 Å². The van der Waals surface area contributed by atoms with Crippen LogP contribution in [0.1, 0.15) is 28.5 Å². The molecule has 1 aromatic heterocycles. The van der Waals surface area contributed by atoms with Crippen LogP contribution >= 0.6 is 0 Å². The van der Waals surface area contributed by atoms with Crippen LogP contribution in [0.3, 0.4) is 0 Å². The summed E-state index contributed by atoms with van der Waals surface area (Å²) in [6.45, 7) is 3.83. The van der Waals surface area contributed by atoms with Gasteiger partial charge in [-0.1, -0.05) is 18.2 Å². The molecule has 4 aromatic rings. The molecule has 174 valence electrons. The van der Waals surface area contributed by atoms with Crippen LogP contribution in [0.5, 0.6) is 17.2 Å². The Morgan fingerprint density at radius 3 is 2.32 bits per heavy atom. The van der Waals surface area contributed by atoms with Gasteiger partial charge >= 0.3 is 0 Å². The predicted molar refractivity (Wildman–Crippen MR) is 133 cm³/mol. The van der Waals surface area contributed by atoms with Gasteiger partial charge in [-0.25, -0.2) is 0 Å². The summed E-state index contributed by atoms with van der Waals surface area (Å²) >= 11 is 0. The Hall–Kier alpha value is -3.93. The molecule has 0 spiro atoms. The average Bonchev–Trinajstić information content (AvgIpc) is 3.31. The third kappa shape index (κ3) is 4.07. The Morgan fingerprint density at radius 1 is 0.912 bits per heavy atom. The molecule has 1 aliphatic heterocycles. The van der Waals surface area contributed by atoms with E-state index in [1.54, 1.807) is 14.2 Å². The number of aromatic amines is 1. The van der Waals surface area contributed by atoms with E-state index < -0.39 is 0 Å². The second-order valence-corrected chi connectivity index (χ2v) is 8.40. The van der Waals surface area contributed by atoms with Gasteiger partial charge in [0.2, 0.25) is 0 Å². The van der Waals surface area contributed by atoms with Crippen molar-refractivity contribution in [3.05, 3.63) is 77.5 Å². The summed E-state index contributed by atoms with van der Waals surface area (Å²) < 4.78 is 16.4. The van der Waals surface area contributed by atoms with Crippen LogP contribution in [0.25, 0.3) is 22.0 Å². The fourth-order valence-electron chi connectivity index (χ4n) is 4.56. The van der Waals surface area contributed by atoms with Crippen molar-refractivity contribution in [3.63, 3.8) is 0 Å². The predicted octanol–water partition coefficient (Wildman–Crippen LogP) is 5.45. The number of aromatic nitrogens is 1. The third-order valence-electron chi connectivity index (χ3n) is 6.36. The molecule has 2 heterocycles. The summed E-state index contributed by atoms with van der Waals surface area (Å²) in [6.07, 6.45) is 0.781. The van der Waals surface area contributed by atoms with Gasteiger partial charge in [0.15, 0.2) is 11.5 Å². The first-order valence-electron chi connectivity index (χ1n) is 11.5. The van der Waals surface area contributed by atoms with E-state index >= 15 is 0 Å². The van der Waals surface area contributed by atoms with Gasteiger partial charge in [-0.2, -0.15) is 0 Å². The molecule has 0 atom stereocenters. The van der Waals surface area contributed by atoms with Crippen molar-refractivity contribution in [1.82, 2.24) is 9.88 Å². The lowest BCUT2D eigenvalue weighted by atomic mass is 9.98. The van der Waals surface area contributed by atoms with Crippen LogP contribution in [0.2, 0.25) is 0 Å². The highest BCUT2D eigenvalue weighted by Gasteiger charge is 2.24. The Morgan fingerprint density at radius 2 is 1.62 bits per heavy atom. The third-order valence-corrected chi connectivity index (χ3v) is 6.36. The molecule has 0 radical (unpaired) electrons. The van der Waals surface area contributed by atoms with E-state index in [1.165, 1.54) is 5.56 Å². The molecule has 0 saturated carbocycles. The molecule has 34 heavy (non-hydrogen) atoms. The van der Waals surface area contributed by atoms with Gasteiger partial charge in [-0.05, 0) is 78.1 Å². The zero-order valence-electron chi connectivity index (χ0n) is 19.7. The number of amides is 1. The zero-order chi connectivity index (χ0) is 23.7. The number of ether oxygens (including phenoxy) is 3. The molecule has 0 fully saturated rings. The number of methoxy groups -OCH3 is 2. The highest BCUT2D eigenvalue weighted by molar-refractivity contribution is 5.99. The molecule has 0 aliphatic carbocycles. The van der Waals surface area contributed by atoms with Gasteiger partial charge in [-0.3, -0.25) is 4.79 Å². The van der Waals surface area contributed by atoms with E-state index in [4.69, 9.17) is 14.2 Å². The minimum absolute atomic E-state index is 0.000692. The van der Waals surface area contributed by atoms with E-state index in [0.29, 0.717) is 31.1 Å². The SMILES string of the molecule is CCOc1ccc(-c2ccc3[nH]c(C(=O)N4CCc5cc(OC)c(OC)cc5C4)cc3c2)cc1. The topological polar surface area (TPSA) is 63.8 Å². The number of hydrogen-bond donors (Lipinski definition) is 1. The van der Waals surface area contributed by atoms with Crippen LogP contribution < -0.4 is 14.2 Å². The minimum atomic E-state index is -0.000692. The molecule has 1 N–H and O–H groups in total. The number of fused-ring (bicyclic) bond motifs is 2. The number of hydrogen-bond acceptors (Lipinski definition) is 4. The molecule has 6 nitrogen and oxygen atoms in total. The fraction of sp³-hybridized carbons (Fsp3) is 0.250. The number of nitrogens with one attached hydrogen (secondary N) is 1. The number of benzene rings is 3. The lowest BCUT2D eigenvalue weighted by molar-refractivity contribution is 0.0729. The summed E-state index contributed by atoms with van der Waals surface area (Å²) in [5.74, 6) is 2.27. The first kappa shape index (κ1) is 21.9. The molecular formula is C28H28N2O4. The maximum Gasteiger partial charge on any atom is 0.270 e. The van der Waals surface area contributed by atoms with Crippen LogP contribution in [-0.4, -0.2) is 43.2 Å². The standard InChI is InChI=1S/C28H28N2O4/c1-4-34-23-8-5-18(6-9-23)19-7-10-24-21(13-19)14-25(29-24)28(31)30-12-11-20-15-26(32-2)27(33-3)16-22(20)17-30/h5-10,13-16,29H,4,11-12,17H2,1-3H3. The Bertz CT molecular complexity index is 1340. The number of H-pyrrole nitrogens is 1.